The highest BCUT2D eigenvalue weighted by Gasteiger charge is 2.44. The van der Waals surface area contributed by atoms with Crippen molar-refractivity contribution in [3.63, 3.8) is 0 Å². The Bertz CT molecular complexity index is 628. The monoisotopic (exact) mass is 289 g/mol. The zero-order valence-corrected chi connectivity index (χ0v) is 12.6. The van der Waals surface area contributed by atoms with E-state index in [0.717, 1.165) is 35.2 Å². The summed E-state index contributed by atoms with van der Waals surface area (Å²) in [6.07, 6.45) is 8.27. The number of pyridine rings is 1. The van der Waals surface area contributed by atoms with E-state index in [-0.39, 0.29) is 0 Å². The number of hydrogen-bond acceptors (Lipinski definition) is 2. The fraction of sp³-hybridized carbons (Fsp3) is 0.625. The molecule has 2 fully saturated rings. The molecule has 2 heterocycles. The normalized spacial score (nSPS) is 19.1. The van der Waals surface area contributed by atoms with Crippen LogP contribution in [0.4, 0.5) is 0 Å². The summed E-state index contributed by atoms with van der Waals surface area (Å²) in [5.41, 5.74) is 3.28. The number of rotatable bonds is 5. The van der Waals surface area contributed by atoms with Gasteiger partial charge in [-0.25, -0.2) is 9.97 Å². The van der Waals surface area contributed by atoms with Gasteiger partial charge in [0.2, 0.25) is 0 Å². The standard InChI is InChI=1S/C16H20ClN3/c1-10-8-13-16(18-9-10)20(14(19-13)6-7-17)15(11-2-3-11)12-4-5-12/h8-9,11-12,15H,2-7H2,1H3. The van der Waals surface area contributed by atoms with Crippen molar-refractivity contribution in [2.75, 3.05) is 5.88 Å². The maximum absolute atomic E-state index is 5.99. The highest BCUT2D eigenvalue weighted by molar-refractivity contribution is 6.17. The summed E-state index contributed by atoms with van der Waals surface area (Å²) < 4.78 is 2.44. The number of alkyl halides is 1. The minimum Gasteiger partial charge on any atom is -0.309 e. The smallest absolute Gasteiger partial charge is 0.160 e. The average Bonchev–Trinajstić information content (AvgIpc) is 3.31. The van der Waals surface area contributed by atoms with Crippen LogP contribution in [-0.2, 0) is 6.42 Å². The van der Waals surface area contributed by atoms with Crippen LogP contribution in [0.2, 0.25) is 0 Å². The Labute approximate surface area is 124 Å². The minimum absolute atomic E-state index is 0.619. The summed E-state index contributed by atoms with van der Waals surface area (Å²) in [7, 11) is 0. The van der Waals surface area contributed by atoms with Gasteiger partial charge in [0.05, 0.1) is 0 Å². The van der Waals surface area contributed by atoms with Crippen LogP contribution in [0.3, 0.4) is 0 Å². The third-order valence-electron chi connectivity index (χ3n) is 4.57. The molecule has 2 aromatic rings. The molecule has 2 aliphatic carbocycles. The number of imidazole rings is 1. The molecule has 0 atom stereocenters. The van der Waals surface area contributed by atoms with Crippen LogP contribution in [0.25, 0.3) is 11.2 Å². The van der Waals surface area contributed by atoms with E-state index < -0.39 is 0 Å². The summed E-state index contributed by atoms with van der Waals surface area (Å²) in [5, 5.41) is 0. The molecule has 0 radical (unpaired) electrons. The molecule has 2 aliphatic rings. The van der Waals surface area contributed by atoms with Crippen LogP contribution in [0.5, 0.6) is 0 Å². The second kappa shape index (κ2) is 4.73. The van der Waals surface area contributed by atoms with Crippen molar-refractivity contribution in [1.82, 2.24) is 14.5 Å². The Hall–Kier alpha value is -1.09. The Morgan fingerprint density at radius 3 is 2.60 bits per heavy atom. The molecule has 20 heavy (non-hydrogen) atoms. The van der Waals surface area contributed by atoms with E-state index in [4.69, 9.17) is 16.6 Å². The fourth-order valence-corrected chi connectivity index (χ4v) is 3.55. The van der Waals surface area contributed by atoms with Crippen LogP contribution >= 0.6 is 11.6 Å². The van der Waals surface area contributed by atoms with Gasteiger partial charge in [0.25, 0.3) is 0 Å². The first-order chi connectivity index (χ1) is 9.78. The predicted molar refractivity (Wildman–Crippen MR) is 81.2 cm³/mol. The van der Waals surface area contributed by atoms with E-state index in [2.05, 4.69) is 22.5 Å². The maximum Gasteiger partial charge on any atom is 0.160 e. The number of aromatic nitrogens is 3. The van der Waals surface area contributed by atoms with Crippen molar-refractivity contribution in [2.24, 2.45) is 11.8 Å². The Balaban J connectivity index is 1.87. The van der Waals surface area contributed by atoms with Crippen LogP contribution in [0.15, 0.2) is 12.3 Å². The quantitative estimate of drug-likeness (QED) is 0.782. The lowest BCUT2D eigenvalue weighted by atomic mass is 10.1. The van der Waals surface area contributed by atoms with E-state index >= 15 is 0 Å². The van der Waals surface area contributed by atoms with Gasteiger partial charge in [-0.05, 0) is 56.1 Å². The molecule has 0 amide bonds. The first-order valence-electron chi connectivity index (χ1n) is 7.67. The van der Waals surface area contributed by atoms with Gasteiger partial charge in [0.1, 0.15) is 11.3 Å². The van der Waals surface area contributed by atoms with Gasteiger partial charge in [0.15, 0.2) is 5.65 Å². The van der Waals surface area contributed by atoms with Gasteiger partial charge in [-0.2, -0.15) is 0 Å². The Morgan fingerprint density at radius 1 is 1.30 bits per heavy atom. The topological polar surface area (TPSA) is 30.7 Å². The SMILES string of the molecule is Cc1cnc2c(c1)nc(CCCl)n2C(C1CC1)C1CC1. The Kier molecular flexibility index (Phi) is 2.99. The number of nitrogens with zero attached hydrogens (tertiary/aromatic N) is 3. The summed E-state index contributed by atoms with van der Waals surface area (Å²) in [6, 6.07) is 2.77. The number of fused-ring (bicyclic) bond motifs is 1. The molecule has 0 unspecified atom stereocenters. The van der Waals surface area contributed by atoms with E-state index in [0.29, 0.717) is 11.9 Å². The highest BCUT2D eigenvalue weighted by Crippen LogP contribution is 2.53. The van der Waals surface area contributed by atoms with E-state index in [1.807, 2.05) is 6.20 Å². The largest absolute Gasteiger partial charge is 0.309 e. The zero-order chi connectivity index (χ0) is 13.7. The number of halogens is 1. The highest BCUT2D eigenvalue weighted by atomic mass is 35.5. The zero-order valence-electron chi connectivity index (χ0n) is 11.8. The Morgan fingerprint density at radius 2 is 2.00 bits per heavy atom. The van der Waals surface area contributed by atoms with Crippen LogP contribution in [0, 0.1) is 18.8 Å². The molecule has 0 aromatic carbocycles. The summed E-state index contributed by atoms with van der Waals surface area (Å²) >= 11 is 5.99. The van der Waals surface area contributed by atoms with Crippen molar-refractivity contribution in [3.8, 4) is 0 Å². The third kappa shape index (κ3) is 2.12. The molecule has 0 saturated heterocycles. The molecular weight excluding hydrogens is 270 g/mol. The molecule has 4 rings (SSSR count). The minimum atomic E-state index is 0.619. The van der Waals surface area contributed by atoms with Crippen molar-refractivity contribution < 1.29 is 0 Å². The molecule has 4 heteroatoms. The van der Waals surface area contributed by atoms with Crippen LogP contribution in [-0.4, -0.2) is 20.4 Å². The number of aryl methyl sites for hydroxylation is 2. The molecule has 0 aliphatic heterocycles. The second-order valence-corrected chi connectivity index (χ2v) is 6.74. The molecule has 0 bridgehead atoms. The van der Waals surface area contributed by atoms with Gasteiger partial charge in [-0.1, -0.05) is 0 Å². The lowest BCUT2D eigenvalue weighted by molar-refractivity contribution is 0.392. The van der Waals surface area contributed by atoms with Gasteiger partial charge in [0, 0.05) is 24.5 Å². The molecule has 106 valence electrons. The molecule has 2 saturated carbocycles. The molecule has 0 spiro atoms. The molecule has 2 aromatic heterocycles. The van der Waals surface area contributed by atoms with Gasteiger partial charge in [-0.3, -0.25) is 0 Å². The summed E-state index contributed by atoms with van der Waals surface area (Å²) in [4.78, 5) is 9.50. The van der Waals surface area contributed by atoms with E-state index in [9.17, 15) is 0 Å². The summed E-state index contributed by atoms with van der Waals surface area (Å²) in [5.74, 6) is 3.45. The average molecular weight is 290 g/mol. The molecule has 0 N–H and O–H groups in total. The van der Waals surface area contributed by atoms with Gasteiger partial charge < -0.3 is 4.57 Å². The summed E-state index contributed by atoms with van der Waals surface area (Å²) in [6.45, 7) is 2.08. The van der Waals surface area contributed by atoms with Crippen molar-refractivity contribution >= 4 is 22.8 Å². The first kappa shape index (κ1) is 12.6. The van der Waals surface area contributed by atoms with E-state index in [1.165, 1.54) is 31.2 Å². The second-order valence-electron chi connectivity index (χ2n) is 6.36. The lowest BCUT2D eigenvalue weighted by Crippen LogP contribution is -2.17. The molecule has 3 nitrogen and oxygen atoms in total. The van der Waals surface area contributed by atoms with Crippen molar-refractivity contribution in [3.05, 3.63) is 23.7 Å². The first-order valence-corrected chi connectivity index (χ1v) is 8.21. The van der Waals surface area contributed by atoms with Gasteiger partial charge >= 0.3 is 0 Å². The van der Waals surface area contributed by atoms with E-state index in [1.54, 1.807) is 0 Å². The van der Waals surface area contributed by atoms with Crippen molar-refractivity contribution in [1.29, 1.82) is 0 Å². The van der Waals surface area contributed by atoms with Crippen LogP contribution < -0.4 is 0 Å². The third-order valence-corrected chi connectivity index (χ3v) is 4.75. The van der Waals surface area contributed by atoms with Gasteiger partial charge in [-0.15, -0.1) is 11.6 Å². The predicted octanol–water partition coefficient (Wildman–Crippen LogP) is 3.88. The lowest BCUT2D eigenvalue weighted by Gasteiger charge is -2.20. The molecular formula is C16H20ClN3. The number of hydrogen-bond donors (Lipinski definition) is 0. The van der Waals surface area contributed by atoms with Crippen LogP contribution in [0.1, 0.15) is 43.1 Å². The fourth-order valence-electron chi connectivity index (χ4n) is 3.39. The van der Waals surface area contributed by atoms with Crippen molar-refractivity contribution in [2.45, 2.75) is 45.1 Å². The maximum atomic E-state index is 5.99.